The van der Waals surface area contributed by atoms with Gasteiger partial charge in [-0.05, 0) is 67.1 Å². The Kier molecular flexibility index (Phi) is 5.44. The van der Waals surface area contributed by atoms with E-state index in [2.05, 4.69) is 0 Å². The third-order valence-corrected chi connectivity index (χ3v) is 6.51. The van der Waals surface area contributed by atoms with E-state index >= 15 is 0 Å². The van der Waals surface area contributed by atoms with Crippen LogP contribution in [0, 0.1) is 13.8 Å². The quantitative estimate of drug-likeness (QED) is 0.337. The average molecular weight is 452 g/mol. The molecule has 0 spiro atoms. The van der Waals surface area contributed by atoms with E-state index in [9.17, 15) is 9.59 Å². The SMILES string of the molecule is Cc1ccc(N2C(=O)S/C(=C\c3cn(-c4ccccc4)nc3-c3ccccc3)C2=O)cc1C. The van der Waals surface area contributed by atoms with Crippen molar-refractivity contribution in [3.8, 4) is 16.9 Å². The molecule has 3 aromatic carbocycles. The van der Waals surface area contributed by atoms with Crippen molar-refractivity contribution in [2.24, 2.45) is 0 Å². The maximum absolute atomic E-state index is 13.2. The van der Waals surface area contributed by atoms with Crippen LogP contribution in [0.3, 0.4) is 0 Å². The molecule has 2 heterocycles. The van der Waals surface area contributed by atoms with Crippen LogP contribution in [0.25, 0.3) is 23.0 Å². The summed E-state index contributed by atoms with van der Waals surface area (Å²) in [5.74, 6) is -0.320. The predicted octanol–water partition coefficient (Wildman–Crippen LogP) is 6.40. The average Bonchev–Trinajstić information content (AvgIpc) is 3.37. The molecule has 0 saturated carbocycles. The van der Waals surface area contributed by atoms with Crippen molar-refractivity contribution in [3.63, 3.8) is 0 Å². The van der Waals surface area contributed by atoms with Crippen molar-refractivity contribution >= 4 is 34.7 Å². The molecule has 4 aromatic rings. The van der Waals surface area contributed by atoms with Crippen LogP contribution in [-0.4, -0.2) is 20.9 Å². The summed E-state index contributed by atoms with van der Waals surface area (Å²) in [4.78, 5) is 27.6. The highest BCUT2D eigenvalue weighted by Gasteiger charge is 2.36. The van der Waals surface area contributed by atoms with Gasteiger partial charge in [0.2, 0.25) is 0 Å². The zero-order valence-electron chi connectivity index (χ0n) is 18.2. The Bertz CT molecular complexity index is 1390. The molecule has 0 bridgehead atoms. The number of aromatic nitrogens is 2. The standard InChI is InChI=1S/C27H21N3O2S/c1-18-13-14-23(15-19(18)2)30-26(31)24(33-27(30)32)16-21-17-29(22-11-7-4-8-12-22)28-25(21)20-9-5-3-6-10-20/h3-17H,1-2H3/b24-16-. The van der Waals surface area contributed by atoms with Crippen LogP contribution in [0.1, 0.15) is 16.7 Å². The summed E-state index contributed by atoms with van der Waals surface area (Å²) in [5, 5.41) is 4.49. The maximum atomic E-state index is 13.2. The van der Waals surface area contributed by atoms with Crippen LogP contribution in [0.4, 0.5) is 10.5 Å². The molecule has 0 N–H and O–H groups in total. The van der Waals surface area contributed by atoms with Gasteiger partial charge in [-0.15, -0.1) is 0 Å². The van der Waals surface area contributed by atoms with Gasteiger partial charge in [0.05, 0.1) is 22.0 Å². The van der Waals surface area contributed by atoms with E-state index in [0.29, 0.717) is 10.6 Å². The largest absolute Gasteiger partial charge is 0.298 e. The summed E-state index contributed by atoms with van der Waals surface area (Å²) < 4.78 is 1.79. The Hall–Kier alpha value is -3.90. The number of carbonyl (C=O) groups is 2. The molecule has 33 heavy (non-hydrogen) atoms. The van der Waals surface area contributed by atoms with E-state index in [1.54, 1.807) is 10.8 Å². The number of thioether (sulfide) groups is 1. The lowest BCUT2D eigenvalue weighted by molar-refractivity contribution is -0.113. The minimum Gasteiger partial charge on any atom is -0.268 e. The van der Waals surface area contributed by atoms with Gasteiger partial charge >= 0.3 is 0 Å². The first-order valence-corrected chi connectivity index (χ1v) is 11.4. The highest BCUT2D eigenvalue weighted by molar-refractivity contribution is 8.19. The van der Waals surface area contributed by atoms with E-state index in [-0.39, 0.29) is 11.1 Å². The van der Waals surface area contributed by atoms with Gasteiger partial charge in [0.25, 0.3) is 11.1 Å². The van der Waals surface area contributed by atoms with Gasteiger partial charge in [-0.1, -0.05) is 54.6 Å². The molecule has 1 aromatic heterocycles. The van der Waals surface area contributed by atoms with Crippen LogP contribution in [-0.2, 0) is 4.79 Å². The zero-order valence-corrected chi connectivity index (χ0v) is 19.0. The smallest absolute Gasteiger partial charge is 0.268 e. The third kappa shape index (κ3) is 4.01. The molecule has 1 aliphatic rings. The van der Waals surface area contributed by atoms with E-state index in [0.717, 1.165) is 45.4 Å². The van der Waals surface area contributed by atoms with Crippen molar-refractivity contribution < 1.29 is 9.59 Å². The second kappa shape index (κ2) is 8.56. The predicted molar refractivity (Wildman–Crippen MR) is 133 cm³/mol. The molecule has 5 rings (SSSR count). The Labute approximate surface area is 196 Å². The van der Waals surface area contributed by atoms with Crippen LogP contribution >= 0.6 is 11.8 Å². The van der Waals surface area contributed by atoms with Crippen molar-refractivity contribution in [2.45, 2.75) is 13.8 Å². The monoisotopic (exact) mass is 451 g/mol. The molecule has 0 radical (unpaired) electrons. The lowest BCUT2D eigenvalue weighted by Gasteiger charge is -2.14. The molecule has 1 saturated heterocycles. The Morgan fingerprint density at radius 2 is 1.52 bits per heavy atom. The molecule has 6 heteroatoms. The van der Waals surface area contributed by atoms with Crippen LogP contribution in [0.15, 0.2) is 90.0 Å². The fourth-order valence-electron chi connectivity index (χ4n) is 3.72. The van der Waals surface area contributed by atoms with Gasteiger partial charge in [0.15, 0.2) is 0 Å². The fraction of sp³-hybridized carbons (Fsp3) is 0.0741. The highest BCUT2D eigenvalue weighted by atomic mass is 32.2. The molecule has 5 nitrogen and oxygen atoms in total. The van der Waals surface area contributed by atoms with E-state index in [1.165, 1.54) is 4.90 Å². The zero-order chi connectivity index (χ0) is 22.9. The number of carbonyl (C=O) groups excluding carboxylic acids is 2. The van der Waals surface area contributed by atoms with Crippen molar-refractivity contribution in [1.82, 2.24) is 9.78 Å². The summed E-state index contributed by atoms with van der Waals surface area (Å²) in [6.07, 6.45) is 3.66. The second-order valence-electron chi connectivity index (χ2n) is 7.86. The number of rotatable bonds is 4. The molecular weight excluding hydrogens is 430 g/mol. The topological polar surface area (TPSA) is 55.2 Å². The first-order chi connectivity index (χ1) is 16.0. The molecule has 0 atom stereocenters. The lowest BCUT2D eigenvalue weighted by atomic mass is 10.1. The number of aryl methyl sites for hydroxylation is 2. The van der Waals surface area contributed by atoms with Crippen LogP contribution in [0.2, 0.25) is 0 Å². The third-order valence-electron chi connectivity index (χ3n) is 5.64. The second-order valence-corrected chi connectivity index (χ2v) is 8.86. The van der Waals surface area contributed by atoms with Gasteiger partial charge in [0, 0.05) is 17.3 Å². The molecule has 1 fully saturated rings. The Balaban J connectivity index is 1.57. The number of amides is 2. The maximum Gasteiger partial charge on any atom is 0.298 e. The Morgan fingerprint density at radius 1 is 0.818 bits per heavy atom. The van der Waals surface area contributed by atoms with E-state index in [4.69, 9.17) is 5.10 Å². The number of benzene rings is 3. The number of hydrogen-bond donors (Lipinski definition) is 0. The molecular formula is C27H21N3O2S. The fourth-order valence-corrected chi connectivity index (χ4v) is 4.55. The first kappa shape index (κ1) is 21.0. The van der Waals surface area contributed by atoms with Crippen molar-refractivity contribution in [3.05, 3.63) is 107 Å². The summed E-state index contributed by atoms with van der Waals surface area (Å²) >= 11 is 0.952. The molecule has 0 aliphatic carbocycles. The number of anilines is 1. The highest BCUT2D eigenvalue weighted by Crippen LogP contribution is 2.37. The van der Waals surface area contributed by atoms with Crippen LogP contribution in [0.5, 0.6) is 0 Å². The van der Waals surface area contributed by atoms with Gasteiger partial charge in [-0.25, -0.2) is 9.58 Å². The van der Waals surface area contributed by atoms with Crippen molar-refractivity contribution in [2.75, 3.05) is 4.90 Å². The summed E-state index contributed by atoms with van der Waals surface area (Å²) in [7, 11) is 0. The first-order valence-electron chi connectivity index (χ1n) is 10.6. The normalized spacial score (nSPS) is 15.0. The number of imide groups is 1. The Morgan fingerprint density at radius 3 is 2.21 bits per heavy atom. The lowest BCUT2D eigenvalue weighted by Crippen LogP contribution is -2.27. The molecule has 0 unspecified atom stereocenters. The van der Waals surface area contributed by atoms with E-state index < -0.39 is 0 Å². The van der Waals surface area contributed by atoms with Gasteiger partial charge in [-0.2, -0.15) is 5.10 Å². The number of hydrogen-bond acceptors (Lipinski definition) is 4. The van der Waals surface area contributed by atoms with Crippen molar-refractivity contribution in [1.29, 1.82) is 0 Å². The number of nitrogens with zero attached hydrogens (tertiary/aromatic N) is 3. The minimum atomic E-state index is -0.320. The molecule has 162 valence electrons. The summed E-state index contributed by atoms with van der Waals surface area (Å²) in [6.45, 7) is 3.97. The molecule has 2 amide bonds. The van der Waals surface area contributed by atoms with E-state index in [1.807, 2.05) is 98.9 Å². The number of para-hydroxylation sites is 1. The van der Waals surface area contributed by atoms with Gasteiger partial charge < -0.3 is 0 Å². The molecule has 1 aliphatic heterocycles. The van der Waals surface area contributed by atoms with Crippen LogP contribution < -0.4 is 4.90 Å². The summed E-state index contributed by atoms with van der Waals surface area (Å²) in [6, 6.07) is 25.2. The summed E-state index contributed by atoms with van der Waals surface area (Å²) in [5.41, 5.74) is 6.11. The van der Waals surface area contributed by atoms with Gasteiger partial charge in [-0.3, -0.25) is 9.59 Å². The van der Waals surface area contributed by atoms with Gasteiger partial charge in [0.1, 0.15) is 0 Å². The minimum absolute atomic E-state index is 0.300.